The highest BCUT2D eigenvalue weighted by atomic mass is 16.5. The van der Waals surface area contributed by atoms with Crippen LogP contribution in [0.15, 0.2) is 60.7 Å². The molecule has 0 saturated heterocycles. The normalized spacial score (nSPS) is 15.5. The molecule has 206 valence electrons. The number of para-hydroxylation sites is 1. The van der Waals surface area contributed by atoms with Crippen LogP contribution in [-0.2, 0) is 12.1 Å². The molecule has 7 rings (SSSR count). The zero-order valence-electron chi connectivity index (χ0n) is 23.5. The molecule has 3 heterocycles. The van der Waals surface area contributed by atoms with E-state index in [4.69, 9.17) is 9.72 Å². The highest BCUT2D eigenvalue weighted by Crippen LogP contribution is 2.47. The van der Waals surface area contributed by atoms with Gasteiger partial charge >= 0.3 is 0 Å². The second-order valence-electron chi connectivity index (χ2n) is 11.8. The number of ether oxygens (including phenoxy) is 1. The van der Waals surface area contributed by atoms with E-state index in [1.165, 1.54) is 48.7 Å². The van der Waals surface area contributed by atoms with Gasteiger partial charge < -0.3 is 19.6 Å². The van der Waals surface area contributed by atoms with E-state index in [-0.39, 0.29) is 5.91 Å². The molecule has 7 nitrogen and oxygen atoms in total. The lowest BCUT2D eigenvalue weighted by Gasteiger charge is -2.24. The Hall–Kier alpha value is -4.57. The fraction of sp³-hybridized carbons (Fsp3) is 0.324. The topological polar surface area (TPSA) is 95.7 Å². The highest BCUT2D eigenvalue weighted by Gasteiger charge is 2.31. The molecule has 1 amide bonds. The third-order valence-electron chi connectivity index (χ3n) is 8.72. The molecule has 1 aliphatic heterocycles. The SMILES string of the molecule is CC(C)(NC(=O)c1ccc2c(C3CCCCC3)c3n(c2c1)CCOc1ccccc1-3)c1nc2ccc(C#N)cc2[nH]1. The summed E-state index contributed by atoms with van der Waals surface area (Å²) >= 11 is 0. The van der Waals surface area contributed by atoms with E-state index in [0.29, 0.717) is 29.5 Å². The summed E-state index contributed by atoms with van der Waals surface area (Å²) in [5, 5.41) is 13.7. The lowest BCUT2D eigenvalue weighted by molar-refractivity contribution is 0.0909. The van der Waals surface area contributed by atoms with Crippen molar-refractivity contribution in [3.05, 3.63) is 83.2 Å². The van der Waals surface area contributed by atoms with Gasteiger partial charge in [0.2, 0.25) is 0 Å². The van der Waals surface area contributed by atoms with Crippen molar-refractivity contribution in [2.75, 3.05) is 6.61 Å². The Balaban J connectivity index is 1.29. The first kappa shape index (κ1) is 25.4. The number of amides is 1. The summed E-state index contributed by atoms with van der Waals surface area (Å²) < 4.78 is 8.56. The maximum Gasteiger partial charge on any atom is 0.252 e. The lowest BCUT2D eigenvalue weighted by atomic mass is 9.81. The molecule has 0 radical (unpaired) electrons. The van der Waals surface area contributed by atoms with Crippen LogP contribution in [0.5, 0.6) is 5.75 Å². The van der Waals surface area contributed by atoms with Crippen molar-refractivity contribution >= 4 is 27.8 Å². The molecule has 1 aliphatic carbocycles. The summed E-state index contributed by atoms with van der Waals surface area (Å²) in [7, 11) is 0. The van der Waals surface area contributed by atoms with Crippen molar-refractivity contribution < 1.29 is 9.53 Å². The average molecular weight is 544 g/mol. The van der Waals surface area contributed by atoms with Gasteiger partial charge in [0, 0.05) is 22.0 Å². The second kappa shape index (κ2) is 9.81. The van der Waals surface area contributed by atoms with Crippen molar-refractivity contribution in [2.24, 2.45) is 0 Å². The van der Waals surface area contributed by atoms with E-state index in [1.807, 2.05) is 38.1 Å². The molecular weight excluding hydrogens is 510 g/mol. The standard InChI is InChI=1S/C34H33N5O2/c1-34(2,33-36-26-15-12-21(20-35)18-27(26)37-33)38-32(40)23-13-14-24-28(19-23)39-16-17-41-29-11-7-6-10-25(29)31(39)30(24)22-8-4-3-5-9-22/h6-7,10-15,18-19,22H,3-5,8-9,16-17H2,1-2H3,(H,36,37)(H,38,40). The summed E-state index contributed by atoms with van der Waals surface area (Å²) in [6.07, 6.45) is 6.20. The number of H-pyrrole nitrogens is 1. The Morgan fingerprint density at radius 3 is 2.76 bits per heavy atom. The van der Waals surface area contributed by atoms with Gasteiger partial charge in [-0.2, -0.15) is 5.26 Å². The van der Waals surface area contributed by atoms with E-state index in [0.717, 1.165) is 34.4 Å². The summed E-state index contributed by atoms with van der Waals surface area (Å²) in [5.74, 6) is 1.91. The number of hydrogen-bond acceptors (Lipinski definition) is 4. The third-order valence-corrected chi connectivity index (χ3v) is 8.72. The molecule has 2 N–H and O–H groups in total. The van der Waals surface area contributed by atoms with Crippen LogP contribution >= 0.6 is 0 Å². The van der Waals surface area contributed by atoms with Crippen molar-refractivity contribution in [2.45, 2.75) is 64.0 Å². The van der Waals surface area contributed by atoms with E-state index < -0.39 is 5.54 Å². The smallest absolute Gasteiger partial charge is 0.252 e. The van der Waals surface area contributed by atoms with Gasteiger partial charge in [-0.15, -0.1) is 0 Å². The average Bonchev–Trinajstić information content (AvgIpc) is 3.51. The number of nitrogens with zero attached hydrogens (tertiary/aromatic N) is 3. The minimum Gasteiger partial charge on any atom is -0.491 e. The van der Waals surface area contributed by atoms with Crippen LogP contribution in [0.4, 0.5) is 0 Å². The molecule has 2 aromatic heterocycles. The van der Waals surface area contributed by atoms with Crippen molar-refractivity contribution in [1.82, 2.24) is 19.9 Å². The van der Waals surface area contributed by atoms with Crippen LogP contribution in [0.1, 0.15) is 79.2 Å². The molecule has 41 heavy (non-hydrogen) atoms. The molecule has 5 aromatic rings. The number of rotatable bonds is 4. The van der Waals surface area contributed by atoms with Crippen LogP contribution in [-0.4, -0.2) is 27.0 Å². The fourth-order valence-corrected chi connectivity index (χ4v) is 6.67. The Labute approximate surface area is 239 Å². The highest BCUT2D eigenvalue weighted by molar-refractivity contribution is 6.01. The van der Waals surface area contributed by atoms with Crippen molar-refractivity contribution in [3.8, 4) is 23.1 Å². The third kappa shape index (κ3) is 4.35. The molecule has 1 fully saturated rings. The van der Waals surface area contributed by atoms with Gasteiger partial charge in [-0.25, -0.2) is 4.98 Å². The van der Waals surface area contributed by atoms with Crippen molar-refractivity contribution in [3.63, 3.8) is 0 Å². The molecular formula is C34H33N5O2. The quantitative estimate of drug-likeness (QED) is 0.251. The number of imidazole rings is 1. The lowest BCUT2D eigenvalue weighted by Crippen LogP contribution is -2.41. The number of aromatic nitrogens is 3. The Bertz CT molecular complexity index is 1850. The first-order valence-electron chi connectivity index (χ1n) is 14.5. The number of carbonyl (C=O) groups excluding carboxylic acids is 1. The Morgan fingerprint density at radius 2 is 1.93 bits per heavy atom. The number of nitriles is 1. The second-order valence-corrected chi connectivity index (χ2v) is 11.8. The monoisotopic (exact) mass is 543 g/mol. The number of hydrogen-bond donors (Lipinski definition) is 2. The number of nitrogens with one attached hydrogen (secondary N) is 2. The Morgan fingerprint density at radius 1 is 1.10 bits per heavy atom. The van der Waals surface area contributed by atoms with Crippen LogP contribution in [0.2, 0.25) is 0 Å². The van der Waals surface area contributed by atoms with Gasteiger partial charge in [-0.3, -0.25) is 4.79 Å². The van der Waals surface area contributed by atoms with Crippen molar-refractivity contribution in [1.29, 1.82) is 5.26 Å². The predicted molar refractivity (Wildman–Crippen MR) is 160 cm³/mol. The molecule has 0 atom stereocenters. The first-order chi connectivity index (χ1) is 19.9. The summed E-state index contributed by atoms with van der Waals surface area (Å²) in [6.45, 7) is 5.19. The molecule has 1 saturated carbocycles. The Kier molecular flexibility index (Phi) is 6.08. The molecule has 0 bridgehead atoms. The number of aromatic amines is 1. The van der Waals surface area contributed by atoms with Gasteiger partial charge in [-0.1, -0.05) is 37.5 Å². The minimum absolute atomic E-state index is 0.157. The molecule has 0 spiro atoms. The van der Waals surface area contributed by atoms with E-state index in [1.54, 1.807) is 12.1 Å². The van der Waals surface area contributed by atoms with Crippen LogP contribution in [0.25, 0.3) is 33.2 Å². The van der Waals surface area contributed by atoms with Gasteiger partial charge in [-0.05, 0) is 80.6 Å². The zero-order chi connectivity index (χ0) is 28.1. The van der Waals surface area contributed by atoms with E-state index in [2.05, 4.69) is 45.2 Å². The minimum atomic E-state index is -0.756. The first-order valence-corrected chi connectivity index (χ1v) is 14.5. The summed E-state index contributed by atoms with van der Waals surface area (Å²) in [4.78, 5) is 21.7. The maximum atomic E-state index is 13.7. The number of carbonyl (C=O) groups is 1. The maximum absolute atomic E-state index is 13.7. The number of benzene rings is 3. The largest absolute Gasteiger partial charge is 0.491 e. The van der Waals surface area contributed by atoms with E-state index >= 15 is 0 Å². The van der Waals surface area contributed by atoms with Gasteiger partial charge in [0.15, 0.2) is 0 Å². The van der Waals surface area contributed by atoms with Crippen LogP contribution < -0.4 is 10.1 Å². The predicted octanol–water partition coefficient (Wildman–Crippen LogP) is 7.16. The van der Waals surface area contributed by atoms with Gasteiger partial charge in [0.05, 0.1) is 40.4 Å². The molecule has 0 unspecified atom stereocenters. The van der Waals surface area contributed by atoms with Gasteiger partial charge in [0.25, 0.3) is 5.91 Å². The molecule has 3 aromatic carbocycles. The number of fused-ring (bicyclic) bond motifs is 6. The summed E-state index contributed by atoms with van der Waals surface area (Å²) in [6, 6.07) is 22.0. The van der Waals surface area contributed by atoms with Crippen LogP contribution in [0.3, 0.4) is 0 Å². The zero-order valence-corrected chi connectivity index (χ0v) is 23.5. The summed E-state index contributed by atoms with van der Waals surface area (Å²) in [5.41, 5.74) is 6.83. The van der Waals surface area contributed by atoms with Gasteiger partial charge in [0.1, 0.15) is 18.2 Å². The molecule has 2 aliphatic rings. The van der Waals surface area contributed by atoms with E-state index in [9.17, 15) is 10.1 Å². The molecule has 7 heteroatoms. The fourth-order valence-electron chi connectivity index (χ4n) is 6.67. The van der Waals surface area contributed by atoms with Crippen LogP contribution in [0, 0.1) is 11.3 Å².